The number of carbonyl (C=O) groups excluding carboxylic acids is 1. The minimum Gasteiger partial charge on any atom is -0.368 e. The molecule has 0 bridgehead atoms. The summed E-state index contributed by atoms with van der Waals surface area (Å²) in [5.74, 6) is 0.0937. The SMILES string of the molecule is CCNC(=O)c1cc2c(-c3cc(CNCCc4cnc[nH]4)ccc3C)nc(N)nc2s1. The van der Waals surface area contributed by atoms with Gasteiger partial charge in [0, 0.05) is 48.9 Å². The highest BCUT2D eigenvalue weighted by Crippen LogP contribution is 2.34. The quantitative estimate of drug-likeness (QED) is 0.316. The standard InChI is InChI=1S/C22H25N7OS/c1-3-26-20(30)18-9-17-19(28-22(23)29-21(17)31-18)16-8-14(5-4-13(16)2)10-24-7-6-15-11-25-12-27-15/h4-5,8-9,11-12,24H,3,6-7,10H2,1-2H3,(H,25,27)(H,26,30)(H2,23,28,29). The van der Waals surface area contributed by atoms with Crippen LogP contribution in [0.1, 0.15) is 33.4 Å². The highest BCUT2D eigenvalue weighted by atomic mass is 32.1. The molecule has 1 amide bonds. The summed E-state index contributed by atoms with van der Waals surface area (Å²) in [6.45, 7) is 6.09. The van der Waals surface area contributed by atoms with Gasteiger partial charge in [0.25, 0.3) is 5.91 Å². The fourth-order valence-corrected chi connectivity index (χ4v) is 4.37. The molecule has 0 saturated heterocycles. The lowest BCUT2D eigenvalue weighted by atomic mass is 10.00. The zero-order valence-corrected chi connectivity index (χ0v) is 18.3. The second-order valence-electron chi connectivity index (χ2n) is 7.27. The molecule has 0 aliphatic carbocycles. The smallest absolute Gasteiger partial charge is 0.261 e. The van der Waals surface area contributed by atoms with Crippen molar-refractivity contribution in [3.63, 3.8) is 0 Å². The van der Waals surface area contributed by atoms with Crippen LogP contribution >= 0.6 is 11.3 Å². The molecule has 9 heteroatoms. The van der Waals surface area contributed by atoms with Gasteiger partial charge in [-0.1, -0.05) is 12.1 Å². The second-order valence-corrected chi connectivity index (χ2v) is 8.30. The number of hydrogen-bond acceptors (Lipinski definition) is 7. The van der Waals surface area contributed by atoms with Crippen molar-refractivity contribution < 1.29 is 4.79 Å². The van der Waals surface area contributed by atoms with E-state index < -0.39 is 0 Å². The van der Waals surface area contributed by atoms with Crippen LogP contribution in [0.2, 0.25) is 0 Å². The van der Waals surface area contributed by atoms with Crippen LogP contribution in [0.3, 0.4) is 0 Å². The molecule has 0 spiro atoms. The number of rotatable bonds is 8. The molecule has 3 aromatic heterocycles. The van der Waals surface area contributed by atoms with E-state index in [0.29, 0.717) is 16.3 Å². The molecule has 0 atom stereocenters. The fourth-order valence-electron chi connectivity index (χ4n) is 3.41. The molecule has 0 radical (unpaired) electrons. The maximum atomic E-state index is 12.3. The highest BCUT2D eigenvalue weighted by molar-refractivity contribution is 7.20. The van der Waals surface area contributed by atoms with Gasteiger partial charge in [0.15, 0.2) is 0 Å². The Kier molecular flexibility index (Phi) is 6.24. The number of fused-ring (bicyclic) bond motifs is 1. The summed E-state index contributed by atoms with van der Waals surface area (Å²) in [4.78, 5) is 29.7. The monoisotopic (exact) mass is 435 g/mol. The van der Waals surface area contributed by atoms with Crippen molar-refractivity contribution >= 4 is 33.4 Å². The van der Waals surface area contributed by atoms with Crippen molar-refractivity contribution in [2.45, 2.75) is 26.8 Å². The predicted molar refractivity (Wildman–Crippen MR) is 124 cm³/mol. The molecule has 5 N–H and O–H groups in total. The Balaban J connectivity index is 1.60. The summed E-state index contributed by atoms with van der Waals surface area (Å²) in [6, 6.07) is 8.18. The first kappa shape index (κ1) is 21.0. The number of imidazole rings is 1. The van der Waals surface area contributed by atoms with Crippen LogP contribution in [0.5, 0.6) is 0 Å². The van der Waals surface area contributed by atoms with E-state index in [1.54, 1.807) is 6.33 Å². The molecule has 160 valence electrons. The molecule has 0 aliphatic heterocycles. The van der Waals surface area contributed by atoms with E-state index in [1.807, 2.05) is 26.1 Å². The zero-order valence-electron chi connectivity index (χ0n) is 17.5. The van der Waals surface area contributed by atoms with E-state index in [-0.39, 0.29) is 11.9 Å². The molecular weight excluding hydrogens is 410 g/mol. The Morgan fingerprint density at radius 1 is 1.26 bits per heavy atom. The number of benzene rings is 1. The number of nitrogens with zero attached hydrogens (tertiary/aromatic N) is 3. The lowest BCUT2D eigenvalue weighted by Gasteiger charge is -2.11. The number of aryl methyl sites for hydroxylation is 1. The normalized spacial score (nSPS) is 11.2. The van der Waals surface area contributed by atoms with Gasteiger partial charge in [-0.25, -0.2) is 15.0 Å². The van der Waals surface area contributed by atoms with E-state index in [4.69, 9.17) is 5.73 Å². The second kappa shape index (κ2) is 9.23. The van der Waals surface area contributed by atoms with Gasteiger partial charge in [-0.15, -0.1) is 11.3 Å². The van der Waals surface area contributed by atoms with E-state index in [2.05, 4.69) is 48.8 Å². The van der Waals surface area contributed by atoms with Crippen LogP contribution in [-0.4, -0.2) is 38.9 Å². The maximum Gasteiger partial charge on any atom is 0.261 e. The lowest BCUT2D eigenvalue weighted by Crippen LogP contribution is -2.21. The first-order valence-corrected chi connectivity index (χ1v) is 11.0. The number of thiophene rings is 1. The van der Waals surface area contributed by atoms with E-state index in [9.17, 15) is 4.79 Å². The number of carbonyl (C=O) groups is 1. The third-order valence-corrected chi connectivity index (χ3v) is 6.01. The van der Waals surface area contributed by atoms with Crippen LogP contribution in [0.4, 0.5) is 5.95 Å². The lowest BCUT2D eigenvalue weighted by molar-refractivity contribution is 0.0960. The van der Waals surface area contributed by atoms with Crippen molar-refractivity contribution in [2.24, 2.45) is 0 Å². The van der Waals surface area contributed by atoms with Crippen molar-refractivity contribution in [3.8, 4) is 11.3 Å². The van der Waals surface area contributed by atoms with Crippen molar-refractivity contribution in [1.82, 2.24) is 30.6 Å². The molecular formula is C22H25N7OS. The number of nitrogens with two attached hydrogens (primary N) is 1. The summed E-state index contributed by atoms with van der Waals surface area (Å²) in [6.07, 6.45) is 4.42. The van der Waals surface area contributed by atoms with Crippen LogP contribution in [0.15, 0.2) is 36.8 Å². The zero-order chi connectivity index (χ0) is 21.8. The minimum atomic E-state index is -0.109. The third kappa shape index (κ3) is 4.73. The van der Waals surface area contributed by atoms with Crippen LogP contribution < -0.4 is 16.4 Å². The van der Waals surface area contributed by atoms with Gasteiger partial charge in [0.05, 0.1) is 16.9 Å². The third-order valence-electron chi connectivity index (χ3n) is 4.98. The van der Waals surface area contributed by atoms with Crippen LogP contribution in [-0.2, 0) is 13.0 Å². The number of nitrogen functional groups attached to an aromatic ring is 1. The van der Waals surface area contributed by atoms with E-state index in [0.717, 1.165) is 53.0 Å². The van der Waals surface area contributed by atoms with Gasteiger partial charge in [0.1, 0.15) is 4.83 Å². The Morgan fingerprint density at radius 3 is 2.90 bits per heavy atom. The van der Waals surface area contributed by atoms with Gasteiger partial charge in [-0.2, -0.15) is 0 Å². The largest absolute Gasteiger partial charge is 0.368 e. The molecule has 4 aromatic rings. The van der Waals surface area contributed by atoms with Gasteiger partial charge in [0.2, 0.25) is 5.95 Å². The average molecular weight is 436 g/mol. The molecule has 1 aromatic carbocycles. The van der Waals surface area contributed by atoms with Gasteiger partial charge in [-0.05, 0) is 37.1 Å². The first-order valence-electron chi connectivity index (χ1n) is 10.2. The average Bonchev–Trinajstić information content (AvgIpc) is 3.41. The molecule has 0 fully saturated rings. The molecule has 0 unspecified atom stereocenters. The molecule has 31 heavy (non-hydrogen) atoms. The number of anilines is 1. The number of nitrogens with one attached hydrogen (secondary N) is 3. The Bertz CT molecular complexity index is 1200. The predicted octanol–water partition coefficient (Wildman–Crippen LogP) is 3.05. The molecule has 3 heterocycles. The summed E-state index contributed by atoms with van der Waals surface area (Å²) in [7, 11) is 0. The van der Waals surface area contributed by atoms with Crippen LogP contribution in [0, 0.1) is 6.92 Å². The van der Waals surface area contributed by atoms with E-state index in [1.165, 1.54) is 11.3 Å². The van der Waals surface area contributed by atoms with Crippen molar-refractivity contribution in [2.75, 3.05) is 18.8 Å². The van der Waals surface area contributed by atoms with Gasteiger partial charge < -0.3 is 21.4 Å². The summed E-state index contributed by atoms with van der Waals surface area (Å²) in [5, 5.41) is 7.14. The summed E-state index contributed by atoms with van der Waals surface area (Å²) in [5.41, 5.74) is 11.1. The minimum absolute atomic E-state index is 0.109. The number of aromatic nitrogens is 4. The van der Waals surface area contributed by atoms with Crippen LogP contribution in [0.25, 0.3) is 21.5 Å². The number of hydrogen-bond donors (Lipinski definition) is 4. The molecule has 0 aliphatic rings. The van der Waals surface area contributed by atoms with E-state index >= 15 is 0 Å². The number of aromatic amines is 1. The van der Waals surface area contributed by atoms with Gasteiger partial charge in [-0.3, -0.25) is 4.79 Å². The Hall–Kier alpha value is -3.30. The first-order chi connectivity index (χ1) is 15.0. The molecule has 8 nitrogen and oxygen atoms in total. The number of amides is 1. The molecule has 0 saturated carbocycles. The summed E-state index contributed by atoms with van der Waals surface area (Å²) < 4.78 is 0. The fraction of sp³-hybridized carbons (Fsp3) is 0.273. The summed E-state index contributed by atoms with van der Waals surface area (Å²) >= 11 is 1.33. The maximum absolute atomic E-state index is 12.3. The van der Waals surface area contributed by atoms with Crippen molar-refractivity contribution in [1.29, 1.82) is 0 Å². The van der Waals surface area contributed by atoms with Crippen molar-refractivity contribution in [3.05, 3.63) is 58.5 Å². The molecule has 4 rings (SSSR count). The topological polar surface area (TPSA) is 122 Å². The van der Waals surface area contributed by atoms with Gasteiger partial charge >= 0.3 is 0 Å². The Morgan fingerprint density at radius 2 is 2.13 bits per heavy atom. The number of H-pyrrole nitrogens is 1. The Labute approximate surface area is 184 Å². The highest BCUT2D eigenvalue weighted by Gasteiger charge is 2.17.